The van der Waals surface area contributed by atoms with Crippen LogP contribution >= 0.6 is 15.9 Å². The number of halogens is 2. The van der Waals surface area contributed by atoms with E-state index in [4.69, 9.17) is 0 Å². The van der Waals surface area contributed by atoms with E-state index in [1.54, 1.807) is 0 Å². The Balaban J connectivity index is 2.99. The van der Waals surface area contributed by atoms with E-state index in [9.17, 15) is 9.18 Å². The highest BCUT2D eigenvalue weighted by Gasteiger charge is 2.08. The number of carbonyl (C=O) groups is 1. The largest absolute Gasteiger partial charge is 0.465 e. The maximum Gasteiger partial charge on any atom is 0.337 e. The zero-order valence-corrected chi connectivity index (χ0v) is 9.30. The lowest BCUT2D eigenvalue weighted by atomic mass is 10.1. The summed E-state index contributed by atoms with van der Waals surface area (Å²) in [6, 6.07) is 4.21. The number of ether oxygens (including phenoxy) is 1. The van der Waals surface area contributed by atoms with Gasteiger partial charge in [0.25, 0.3) is 0 Å². The van der Waals surface area contributed by atoms with Crippen molar-refractivity contribution in [2.75, 3.05) is 12.4 Å². The number of aryl methyl sites for hydroxylation is 1. The van der Waals surface area contributed by atoms with Crippen LogP contribution in [-0.2, 0) is 11.2 Å². The summed E-state index contributed by atoms with van der Waals surface area (Å²) in [5.74, 6) is -0.738. The van der Waals surface area contributed by atoms with E-state index in [1.165, 1.54) is 25.3 Å². The van der Waals surface area contributed by atoms with E-state index in [0.717, 1.165) is 0 Å². The molecule has 0 saturated heterocycles. The molecular weight excluding hydrogens is 251 g/mol. The van der Waals surface area contributed by atoms with Gasteiger partial charge in [0.2, 0.25) is 0 Å². The molecule has 0 fully saturated rings. The normalized spacial score (nSPS) is 9.93. The molecule has 0 saturated carbocycles. The molecular formula is C10H10BrFO2. The van der Waals surface area contributed by atoms with Crippen LogP contribution in [0.15, 0.2) is 18.2 Å². The molecule has 1 rings (SSSR count). The first-order valence-electron chi connectivity index (χ1n) is 4.11. The molecule has 0 heterocycles. The van der Waals surface area contributed by atoms with Gasteiger partial charge in [-0.25, -0.2) is 9.18 Å². The van der Waals surface area contributed by atoms with Crippen LogP contribution in [0, 0.1) is 5.82 Å². The third-order valence-corrected chi connectivity index (χ3v) is 2.23. The van der Waals surface area contributed by atoms with Gasteiger partial charge in [-0.05, 0) is 30.2 Å². The molecule has 76 valence electrons. The van der Waals surface area contributed by atoms with Gasteiger partial charge >= 0.3 is 5.97 Å². The molecule has 0 atom stereocenters. The van der Waals surface area contributed by atoms with Crippen LogP contribution < -0.4 is 0 Å². The Morgan fingerprint density at radius 1 is 1.57 bits per heavy atom. The molecule has 0 aliphatic carbocycles. The molecule has 0 radical (unpaired) electrons. The summed E-state index contributed by atoms with van der Waals surface area (Å²) in [5, 5.41) is 0.661. The maximum atomic E-state index is 13.2. The molecule has 0 aromatic heterocycles. The number of methoxy groups -OCH3 is 1. The number of carbonyl (C=O) groups excluding carboxylic acids is 1. The predicted molar refractivity (Wildman–Crippen MR) is 55.2 cm³/mol. The van der Waals surface area contributed by atoms with E-state index < -0.39 is 5.97 Å². The lowest BCUT2D eigenvalue weighted by Crippen LogP contribution is -2.03. The first kappa shape index (κ1) is 11.2. The zero-order valence-electron chi connectivity index (χ0n) is 7.72. The quantitative estimate of drug-likeness (QED) is 0.617. The Labute approximate surface area is 90.2 Å². The van der Waals surface area contributed by atoms with Gasteiger partial charge in [-0.1, -0.05) is 15.9 Å². The van der Waals surface area contributed by atoms with Crippen molar-refractivity contribution >= 4 is 21.9 Å². The molecule has 1 aromatic rings. The number of esters is 1. The van der Waals surface area contributed by atoms with Crippen molar-refractivity contribution in [1.82, 2.24) is 0 Å². The summed E-state index contributed by atoms with van der Waals surface area (Å²) in [4.78, 5) is 11.1. The van der Waals surface area contributed by atoms with Gasteiger partial charge in [0.15, 0.2) is 0 Å². The van der Waals surface area contributed by atoms with Gasteiger partial charge in [0.05, 0.1) is 12.7 Å². The molecule has 0 amide bonds. The molecule has 0 spiro atoms. The van der Waals surface area contributed by atoms with Crippen molar-refractivity contribution < 1.29 is 13.9 Å². The summed E-state index contributed by atoms with van der Waals surface area (Å²) < 4.78 is 17.7. The van der Waals surface area contributed by atoms with Crippen molar-refractivity contribution in [3.63, 3.8) is 0 Å². The smallest absolute Gasteiger partial charge is 0.337 e. The van der Waals surface area contributed by atoms with Crippen LogP contribution in [0.2, 0.25) is 0 Å². The average molecular weight is 261 g/mol. The first-order chi connectivity index (χ1) is 6.69. The van der Waals surface area contributed by atoms with E-state index in [1.807, 2.05) is 0 Å². The van der Waals surface area contributed by atoms with Gasteiger partial charge in [0.1, 0.15) is 5.82 Å². The number of benzene rings is 1. The van der Waals surface area contributed by atoms with Crippen LogP contribution in [0.3, 0.4) is 0 Å². The van der Waals surface area contributed by atoms with E-state index in [2.05, 4.69) is 20.7 Å². The lowest BCUT2D eigenvalue weighted by molar-refractivity contribution is 0.0600. The van der Waals surface area contributed by atoms with Gasteiger partial charge < -0.3 is 4.74 Å². The molecule has 2 nitrogen and oxygen atoms in total. The van der Waals surface area contributed by atoms with Crippen molar-refractivity contribution in [3.8, 4) is 0 Å². The summed E-state index contributed by atoms with van der Waals surface area (Å²) in [7, 11) is 1.30. The van der Waals surface area contributed by atoms with Gasteiger partial charge in [-0.2, -0.15) is 0 Å². The Morgan fingerprint density at radius 3 is 2.86 bits per heavy atom. The number of hydrogen-bond acceptors (Lipinski definition) is 2. The summed E-state index contributed by atoms with van der Waals surface area (Å²) in [5.41, 5.74) is 0.898. The minimum Gasteiger partial charge on any atom is -0.465 e. The molecule has 1 aromatic carbocycles. The molecule has 14 heavy (non-hydrogen) atoms. The fourth-order valence-electron chi connectivity index (χ4n) is 1.11. The SMILES string of the molecule is COC(=O)c1ccc(F)c(CCBr)c1. The summed E-state index contributed by atoms with van der Waals surface area (Å²) in [6.45, 7) is 0. The van der Waals surface area contributed by atoms with Gasteiger partial charge in [-0.3, -0.25) is 0 Å². The van der Waals surface area contributed by atoms with Crippen LogP contribution in [-0.4, -0.2) is 18.4 Å². The maximum absolute atomic E-state index is 13.2. The third kappa shape index (κ3) is 2.54. The number of alkyl halides is 1. The fourth-order valence-corrected chi connectivity index (χ4v) is 1.54. The number of rotatable bonds is 3. The van der Waals surface area contributed by atoms with Crippen LogP contribution in [0.25, 0.3) is 0 Å². The van der Waals surface area contributed by atoms with Crippen LogP contribution in [0.1, 0.15) is 15.9 Å². The van der Waals surface area contributed by atoms with Crippen molar-refractivity contribution in [2.45, 2.75) is 6.42 Å². The minimum absolute atomic E-state index is 0.294. The summed E-state index contributed by atoms with van der Waals surface area (Å²) >= 11 is 3.22. The van der Waals surface area contributed by atoms with E-state index >= 15 is 0 Å². The topological polar surface area (TPSA) is 26.3 Å². The lowest BCUT2D eigenvalue weighted by Gasteiger charge is -2.03. The van der Waals surface area contributed by atoms with Crippen molar-refractivity contribution in [2.24, 2.45) is 0 Å². The second-order valence-corrected chi connectivity index (χ2v) is 3.53. The monoisotopic (exact) mass is 260 g/mol. The molecule has 0 unspecified atom stereocenters. The fraction of sp³-hybridized carbons (Fsp3) is 0.300. The highest BCUT2D eigenvalue weighted by Crippen LogP contribution is 2.13. The second-order valence-electron chi connectivity index (χ2n) is 2.74. The second kappa shape index (κ2) is 5.10. The van der Waals surface area contributed by atoms with E-state index in [0.29, 0.717) is 22.9 Å². The molecule has 0 bridgehead atoms. The Kier molecular flexibility index (Phi) is 4.07. The van der Waals surface area contributed by atoms with Crippen molar-refractivity contribution in [3.05, 3.63) is 35.1 Å². The average Bonchev–Trinajstić information content (AvgIpc) is 2.20. The van der Waals surface area contributed by atoms with E-state index in [-0.39, 0.29) is 5.82 Å². The van der Waals surface area contributed by atoms with Crippen LogP contribution in [0.4, 0.5) is 4.39 Å². The Hall–Kier alpha value is -0.900. The molecule has 0 aliphatic heterocycles. The first-order valence-corrected chi connectivity index (χ1v) is 5.24. The minimum atomic E-state index is -0.444. The molecule has 4 heteroatoms. The Morgan fingerprint density at radius 2 is 2.29 bits per heavy atom. The van der Waals surface area contributed by atoms with Gasteiger partial charge in [-0.15, -0.1) is 0 Å². The van der Waals surface area contributed by atoms with Crippen molar-refractivity contribution in [1.29, 1.82) is 0 Å². The highest BCUT2D eigenvalue weighted by molar-refractivity contribution is 9.09. The standard InChI is InChI=1S/C10H10BrFO2/c1-14-10(13)8-2-3-9(12)7(6-8)4-5-11/h2-3,6H,4-5H2,1H3. The predicted octanol–water partition coefficient (Wildman–Crippen LogP) is 2.55. The molecule has 0 aliphatic rings. The number of hydrogen-bond donors (Lipinski definition) is 0. The van der Waals surface area contributed by atoms with Gasteiger partial charge in [0, 0.05) is 5.33 Å². The zero-order chi connectivity index (χ0) is 10.6. The van der Waals surface area contributed by atoms with Crippen LogP contribution in [0.5, 0.6) is 0 Å². The molecule has 0 N–H and O–H groups in total. The summed E-state index contributed by atoms with van der Waals surface area (Å²) in [6.07, 6.45) is 0.552. The third-order valence-electron chi connectivity index (χ3n) is 1.83. The Bertz CT molecular complexity index is 339. The highest BCUT2D eigenvalue weighted by atomic mass is 79.9.